The Morgan fingerprint density at radius 1 is 1.59 bits per heavy atom. The van der Waals surface area contributed by atoms with Crippen molar-refractivity contribution in [2.45, 2.75) is 26.8 Å². The molecule has 0 aliphatic heterocycles. The van der Waals surface area contributed by atoms with Gasteiger partial charge in [0.15, 0.2) is 0 Å². The molecular weight excluding hydrogens is 214 g/mol. The average Bonchev–Trinajstić information content (AvgIpc) is 2.66. The second-order valence-corrected chi connectivity index (χ2v) is 3.81. The van der Waals surface area contributed by atoms with Gasteiger partial charge in [-0.3, -0.25) is 4.79 Å². The van der Waals surface area contributed by atoms with Gasteiger partial charge in [0.05, 0.1) is 5.69 Å². The summed E-state index contributed by atoms with van der Waals surface area (Å²) in [7, 11) is 0. The van der Waals surface area contributed by atoms with Crippen LogP contribution in [-0.4, -0.2) is 22.4 Å². The molecule has 0 saturated carbocycles. The fraction of sp³-hybridized carbons (Fsp3) is 0.385. The van der Waals surface area contributed by atoms with Crippen LogP contribution in [0.4, 0.5) is 0 Å². The molecule has 0 aliphatic rings. The number of carbonyl (C=O) groups excluding carboxylic acids is 1. The van der Waals surface area contributed by atoms with E-state index in [2.05, 4.69) is 9.55 Å². The van der Waals surface area contributed by atoms with Crippen LogP contribution in [0.5, 0.6) is 0 Å². The number of aryl methyl sites for hydroxylation is 2. The molecule has 1 aromatic rings. The molecule has 0 bridgehead atoms. The van der Waals surface area contributed by atoms with Crippen LogP contribution in [0.3, 0.4) is 0 Å². The summed E-state index contributed by atoms with van der Waals surface area (Å²) >= 11 is 0. The van der Waals surface area contributed by atoms with E-state index in [-0.39, 0.29) is 0 Å². The van der Waals surface area contributed by atoms with E-state index in [4.69, 9.17) is 5.73 Å². The molecule has 0 amide bonds. The first-order chi connectivity index (χ1) is 8.21. The summed E-state index contributed by atoms with van der Waals surface area (Å²) in [5.74, 6) is 0.940. The first-order valence-corrected chi connectivity index (χ1v) is 5.74. The summed E-state index contributed by atoms with van der Waals surface area (Å²) < 4.78 is 2.05. The van der Waals surface area contributed by atoms with Gasteiger partial charge in [0, 0.05) is 18.3 Å². The lowest BCUT2D eigenvalue weighted by Crippen LogP contribution is -2.06. The maximum Gasteiger partial charge on any atom is 0.150 e. The third kappa shape index (κ3) is 4.00. The summed E-state index contributed by atoms with van der Waals surface area (Å²) in [6, 6.07) is 0. The van der Waals surface area contributed by atoms with E-state index in [0.717, 1.165) is 30.8 Å². The molecule has 1 heterocycles. The second-order valence-electron chi connectivity index (χ2n) is 3.81. The van der Waals surface area contributed by atoms with Gasteiger partial charge in [0.25, 0.3) is 0 Å². The van der Waals surface area contributed by atoms with Gasteiger partial charge in [-0.05, 0) is 32.9 Å². The Balaban J connectivity index is 2.88. The maximum absolute atomic E-state index is 10.8. The summed E-state index contributed by atoms with van der Waals surface area (Å²) in [5.41, 5.74) is 6.90. The SMILES string of the molecule is C/C=C\C(C=O)=C/c1cn(CCCN)c(C)n1. The minimum Gasteiger partial charge on any atom is -0.334 e. The number of hydrogen-bond donors (Lipinski definition) is 1. The van der Waals surface area contributed by atoms with Gasteiger partial charge in [-0.1, -0.05) is 12.2 Å². The summed E-state index contributed by atoms with van der Waals surface area (Å²) in [5, 5.41) is 0. The molecule has 0 radical (unpaired) electrons. The van der Waals surface area contributed by atoms with Crippen molar-refractivity contribution in [3.05, 3.63) is 35.4 Å². The summed E-state index contributed by atoms with van der Waals surface area (Å²) in [6.07, 6.45) is 9.07. The highest BCUT2D eigenvalue weighted by Gasteiger charge is 2.02. The molecule has 1 rings (SSSR count). The summed E-state index contributed by atoms with van der Waals surface area (Å²) in [4.78, 5) is 15.2. The van der Waals surface area contributed by atoms with Crippen molar-refractivity contribution in [1.29, 1.82) is 0 Å². The molecular formula is C13H19N3O. The van der Waals surface area contributed by atoms with Crippen LogP contribution >= 0.6 is 0 Å². The number of imidazole rings is 1. The Morgan fingerprint density at radius 3 is 2.94 bits per heavy atom. The minimum absolute atomic E-state index is 0.621. The second kappa shape index (κ2) is 6.81. The number of hydrogen-bond acceptors (Lipinski definition) is 3. The molecule has 0 saturated heterocycles. The number of nitrogens with zero attached hydrogens (tertiary/aromatic N) is 2. The van der Waals surface area contributed by atoms with Crippen molar-refractivity contribution < 1.29 is 4.79 Å². The Morgan fingerprint density at radius 2 is 2.35 bits per heavy atom. The lowest BCUT2D eigenvalue weighted by atomic mass is 10.2. The molecule has 0 unspecified atom stereocenters. The van der Waals surface area contributed by atoms with Crippen molar-refractivity contribution in [2.24, 2.45) is 5.73 Å². The summed E-state index contributed by atoms with van der Waals surface area (Å²) in [6.45, 7) is 5.36. The first kappa shape index (κ1) is 13.4. The predicted octanol–water partition coefficient (Wildman–Crippen LogP) is 1.70. The van der Waals surface area contributed by atoms with E-state index in [0.29, 0.717) is 12.1 Å². The van der Waals surface area contributed by atoms with E-state index in [1.54, 1.807) is 12.2 Å². The van der Waals surface area contributed by atoms with E-state index < -0.39 is 0 Å². The highest BCUT2D eigenvalue weighted by molar-refractivity contribution is 5.84. The average molecular weight is 233 g/mol. The Hall–Kier alpha value is -1.68. The van der Waals surface area contributed by atoms with Gasteiger partial charge in [-0.15, -0.1) is 0 Å². The van der Waals surface area contributed by atoms with E-state index in [9.17, 15) is 4.79 Å². The van der Waals surface area contributed by atoms with Crippen molar-refractivity contribution in [3.8, 4) is 0 Å². The van der Waals surface area contributed by atoms with Crippen LogP contribution in [0.1, 0.15) is 24.9 Å². The lowest BCUT2D eigenvalue weighted by molar-refractivity contribution is -0.104. The van der Waals surface area contributed by atoms with Crippen molar-refractivity contribution >= 4 is 12.4 Å². The largest absolute Gasteiger partial charge is 0.334 e. The van der Waals surface area contributed by atoms with Crippen LogP contribution in [0.25, 0.3) is 6.08 Å². The molecule has 1 aromatic heterocycles. The number of allylic oxidation sites excluding steroid dienone is 3. The van der Waals surface area contributed by atoms with Crippen LogP contribution in [0, 0.1) is 6.92 Å². The molecule has 4 nitrogen and oxygen atoms in total. The van der Waals surface area contributed by atoms with E-state index in [1.165, 1.54) is 0 Å². The van der Waals surface area contributed by atoms with Crippen molar-refractivity contribution in [2.75, 3.05) is 6.54 Å². The molecule has 0 fully saturated rings. The zero-order valence-corrected chi connectivity index (χ0v) is 10.4. The molecule has 4 heteroatoms. The molecule has 0 aromatic carbocycles. The van der Waals surface area contributed by atoms with Gasteiger partial charge < -0.3 is 10.3 Å². The fourth-order valence-corrected chi connectivity index (χ4v) is 1.58. The normalized spacial score (nSPS) is 12.3. The van der Waals surface area contributed by atoms with Crippen LogP contribution in [0.2, 0.25) is 0 Å². The highest BCUT2D eigenvalue weighted by atomic mass is 16.1. The van der Waals surface area contributed by atoms with Gasteiger partial charge in [-0.2, -0.15) is 0 Å². The number of aldehydes is 1. The fourth-order valence-electron chi connectivity index (χ4n) is 1.58. The van der Waals surface area contributed by atoms with Crippen molar-refractivity contribution in [1.82, 2.24) is 9.55 Å². The lowest BCUT2D eigenvalue weighted by Gasteiger charge is -2.01. The molecule has 0 spiro atoms. The monoisotopic (exact) mass is 233 g/mol. The van der Waals surface area contributed by atoms with Gasteiger partial charge >= 0.3 is 0 Å². The molecule has 17 heavy (non-hydrogen) atoms. The van der Waals surface area contributed by atoms with E-state index in [1.807, 2.05) is 26.1 Å². The standard InChI is InChI=1S/C13H19N3O/c1-3-5-12(10-17)8-13-9-16(7-4-6-14)11(2)15-13/h3,5,8-10H,4,6-7,14H2,1-2H3/b5-3-,12-8+. The molecule has 92 valence electrons. The van der Waals surface area contributed by atoms with Gasteiger partial charge in [-0.25, -0.2) is 4.98 Å². The molecule has 2 N–H and O–H groups in total. The highest BCUT2D eigenvalue weighted by Crippen LogP contribution is 2.08. The van der Waals surface area contributed by atoms with Crippen molar-refractivity contribution in [3.63, 3.8) is 0 Å². The van der Waals surface area contributed by atoms with Crippen LogP contribution < -0.4 is 5.73 Å². The Labute approximate surface area is 102 Å². The first-order valence-electron chi connectivity index (χ1n) is 5.74. The minimum atomic E-state index is 0.621. The number of aromatic nitrogens is 2. The zero-order valence-electron chi connectivity index (χ0n) is 10.4. The van der Waals surface area contributed by atoms with Gasteiger partial charge in [0.2, 0.25) is 0 Å². The number of rotatable bonds is 6. The van der Waals surface area contributed by atoms with Crippen LogP contribution in [-0.2, 0) is 11.3 Å². The third-order valence-electron chi connectivity index (χ3n) is 2.41. The maximum atomic E-state index is 10.8. The zero-order chi connectivity index (χ0) is 12.7. The predicted molar refractivity (Wildman–Crippen MR) is 69.5 cm³/mol. The van der Waals surface area contributed by atoms with Gasteiger partial charge in [0.1, 0.15) is 12.1 Å². The molecule has 0 aliphatic carbocycles. The number of carbonyl (C=O) groups is 1. The smallest absolute Gasteiger partial charge is 0.150 e. The Bertz CT molecular complexity index is 430. The molecule has 0 atom stereocenters. The third-order valence-corrected chi connectivity index (χ3v) is 2.41. The van der Waals surface area contributed by atoms with Crippen LogP contribution in [0.15, 0.2) is 23.9 Å². The van der Waals surface area contributed by atoms with E-state index >= 15 is 0 Å². The Kier molecular flexibility index (Phi) is 5.36. The topological polar surface area (TPSA) is 60.9 Å². The quantitative estimate of drug-likeness (QED) is 0.462. The number of nitrogens with two attached hydrogens (primary N) is 1.